The number of anilines is 2. The molecule has 2 aromatic rings. The topological polar surface area (TPSA) is 65.5 Å². The highest BCUT2D eigenvalue weighted by atomic mass is 32.2. The van der Waals surface area contributed by atoms with Gasteiger partial charge in [-0.25, -0.2) is 13.4 Å². The van der Waals surface area contributed by atoms with E-state index < -0.39 is 10.0 Å². The van der Waals surface area contributed by atoms with E-state index in [-0.39, 0.29) is 10.3 Å². The van der Waals surface area contributed by atoms with Crippen LogP contribution < -0.4 is 9.62 Å². The second-order valence-electron chi connectivity index (χ2n) is 8.07. The van der Waals surface area contributed by atoms with Gasteiger partial charge in [-0.2, -0.15) is 0 Å². The Hall–Kier alpha value is -2.12. The van der Waals surface area contributed by atoms with E-state index >= 15 is 0 Å². The Morgan fingerprint density at radius 3 is 2.11 bits per heavy atom. The quantitative estimate of drug-likeness (QED) is 0.872. The normalized spacial score (nSPS) is 16.4. The summed E-state index contributed by atoms with van der Waals surface area (Å²) in [7, 11) is -1.54. The molecule has 1 N–H and O–H groups in total. The van der Waals surface area contributed by atoms with Crippen molar-refractivity contribution in [2.45, 2.75) is 31.1 Å². The lowest BCUT2D eigenvalue weighted by Gasteiger charge is -2.33. The predicted octanol–water partition coefficient (Wildman–Crippen LogP) is 2.93. The highest BCUT2D eigenvalue weighted by Gasteiger charge is 2.19. The molecule has 0 unspecified atom stereocenters. The molecule has 1 saturated heterocycles. The van der Waals surface area contributed by atoms with Crippen LogP contribution in [0.4, 0.5) is 11.5 Å². The van der Waals surface area contributed by atoms with E-state index in [9.17, 15) is 8.42 Å². The summed E-state index contributed by atoms with van der Waals surface area (Å²) >= 11 is 0. The van der Waals surface area contributed by atoms with Gasteiger partial charge in [0.05, 0.1) is 16.8 Å². The van der Waals surface area contributed by atoms with Crippen LogP contribution in [0.3, 0.4) is 0 Å². The number of piperazine rings is 1. The van der Waals surface area contributed by atoms with E-state index in [0.29, 0.717) is 5.82 Å². The molecule has 0 aliphatic carbocycles. The molecule has 6 nitrogen and oxygen atoms in total. The summed E-state index contributed by atoms with van der Waals surface area (Å²) in [4.78, 5) is 9.08. The fourth-order valence-electron chi connectivity index (χ4n) is 3.03. The van der Waals surface area contributed by atoms with Crippen molar-refractivity contribution in [1.29, 1.82) is 0 Å². The lowest BCUT2D eigenvalue weighted by Crippen LogP contribution is -2.44. The van der Waals surface area contributed by atoms with Crippen molar-refractivity contribution < 1.29 is 8.42 Å². The number of benzene rings is 1. The lowest BCUT2D eigenvalue weighted by molar-refractivity contribution is 0.313. The second kappa shape index (κ2) is 7.48. The van der Waals surface area contributed by atoms with Crippen molar-refractivity contribution in [2.75, 3.05) is 42.8 Å². The largest absolute Gasteiger partial charge is 0.368 e. The SMILES string of the molecule is CN1CCN(c2ccc(NS(=O)(=O)c3ccc(C(C)(C)C)cc3)nc2)CC1. The Balaban J connectivity index is 1.70. The van der Waals surface area contributed by atoms with Gasteiger partial charge >= 0.3 is 0 Å². The first-order valence-corrected chi connectivity index (χ1v) is 10.7. The fourth-order valence-corrected chi connectivity index (χ4v) is 4.04. The minimum atomic E-state index is -3.65. The number of hydrogen-bond acceptors (Lipinski definition) is 5. The Bertz CT molecular complexity index is 864. The van der Waals surface area contributed by atoms with Crippen LogP contribution in [0, 0.1) is 0 Å². The molecule has 0 bridgehead atoms. The first-order valence-electron chi connectivity index (χ1n) is 9.18. The van der Waals surface area contributed by atoms with Crippen molar-refractivity contribution in [3.05, 3.63) is 48.2 Å². The monoisotopic (exact) mass is 388 g/mol. The number of nitrogens with one attached hydrogen (secondary N) is 1. The fraction of sp³-hybridized carbons (Fsp3) is 0.450. The molecular formula is C20H28N4O2S. The highest BCUT2D eigenvalue weighted by molar-refractivity contribution is 7.92. The number of aromatic nitrogens is 1. The van der Waals surface area contributed by atoms with Crippen LogP contribution in [0.1, 0.15) is 26.3 Å². The zero-order valence-corrected chi connectivity index (χ0v) is 17.3. The van der Waals surface area contributed by atoms with Crippen LogP contribution in [0.15, 0.2) is 47.5 Å². The van der Waals surface area contributed by atoms with E-state index in [1.165, 1.54) is 0 Å². The third-order valence-corrected chi connectivity index (χ3v) is 6.26. The molecule has 0 radical (unpaired) electrons. The van der Waals surface area contributed by atoms with Crippen LogP contribution in [-0.2, 0) is 15.4 Å². The zero-order valence-electron chi connectivity index (χ0n) is 16.4. The van der Waals surface area contributed by atoms with Gasteiger partial charge in [-0.3, -0.25) is 4.72 Å². The van der Waals surface area contributed by atoms with Crippen molar-refractivity contribution in [1.82, 2.24) is 9.88 Å². The maximum absolute atomic E-state index is 12.6. The molecule has 0 amide bonds. The van der Waals surface area contributed by atoms with Crippen molar-refractivity contribution in [3.63, 3.8) is 0 Å². The maximum Gasteiger partial charge on any atom is 0.263 e. The number of sulfonamides is 1. The van der Waals surface area contributed by atoms with Crippen molar-refractivity contribution in [3.8, 4) is 0 Å². The molecule has 7 heteroatoms. The average Bonchev–Trinajstić information content (AvgIpc) is 2.62. The molecular weight excluding hydrogens is 360 g/mol. The average molecular weight is 389 g/mol. The Morgan fingerprint density at radius 2 is 1.59 bits per heavy atom. The Labute approximate surface area is 162 Å². The van der Waals surface area contributed by atoms with E-state index in [2.05, 4.69) is 47.3 Å². The van der Waals surface area contributed by atoms with Crippen LogP contribution in [0.2, 0.25) is 0 Å². The lowest BCUT2D eigenvalue weighted by atomic mass is 9.87. The number of nitrogens with zero attached hydrogens (tertiary/aromatic N) is 3. The Kier molecular flexibility index (Phi) is 5.44. The highest BCUT2D eigenvalue weighted by Crippen LogP contribution is 2.24. The molecule has 1 aromatic carbocycles. The molecule has 0 atom stereocenters. The van der Waals surface area contributed by atoms with Gasteiger partial charge in [0.25, 0.3) is 10.0 Å². The van der Waals surface area contributed by atoms with Crippen LogP contribution in [-0.4, -0.2) is 51.5 Å². The van der Waals surface area contributed by atoms with Gasteiger partial charge in [-0.1, -0.05) is 32.9 Å². The van der Waals surface area contributed by atoms with Gasteiger partial charge in [-0.05, 0) is 42.3 Å². The zero-order chi connectivity index (χ0) is 19.7. The van der Waals surface area contributed by atoms with Gasteiger partial charge in [0.1, 0.15) is 5.82 Å². The molecule has 3 rings (SSSR count). The summed E-state index contributed by atoms with van der Waals surface area (Å²) in [6.45, 7) is 10.2. The molecule has 2 heterocycles. The summed E-state index contributed by atoms with van der Waals surface area (Å²) in [6, 6.07) is 10.6. The Morgan fingerprint density at radius 1 is 0.963 bits per heavy atom. The minimum absolute atomic E-state index is 0.0175. The summed E-state index contributed by atoms with van der Waals surface area (Å²) in [5.74, 6) is 0.327. The smallest absolute Gasteiger partial charge is 0.263 e. The number of hydrogen-bond donors (Lipinski definition) is 1. The van der Waals surface area contributed by atoms with E-state index in [1.54, 1.807) is 24.4 Å². The van der Waals surface area contributed by atoms with Crippen LogP contribution in [0.25, 0.3) is 0 Å². The molecule has 1 aliphatic heterocycles. The van der Waals surface area contributed by atoms with Gasteiger partial charge in [0, 0.05) is 26.2 Å². The van der Waals surface area contributed by atoms with E-state index in [1.807, 2.05) is 18.2 Å². The first-order chi connectivity index (χ1) is 12.6. The summed E-state index contributed by atoms with van der Waals surface area (Å²) in [5.41, 5.74) is 2.09. The molecule has 1 aromatic heterocycles. The molecule has 1 fully saturated rings. The number of likely N-dealkylation sites (N-methyl/N-ethyl adjacent to an activating group) is 1. The van der Waals surface area contributed by atoms with E-state index in [4.69, 9.17) is 0 Å². The minimum Gasteiger partial charge on any atom is -0.368 e. The third-order valence-electron chi connectivity index (χ3n) is 4.89. The maximum atomic E-state index is 12.6. The summed E-state index contributed by atoms with van der Waals surface area (Å²) in [6.07, 6.45) is 1.73. The molecule has 0 spiro atoms. The van der Waals surface area contributed by atoms with Gasteiger partial charge < -0.3 is 9.80 Å². The predicted molar refractivity (Wildman–Crippen MR) is 110 cm³/mol. The van der Waals surface area contributed by atoms with Gasteiger partial charge in [-0.15, -0.1) is 0 Å². The van der Waals surface area contributed by atoms with Gasteiger partial charge in [0.2, 0.25) is 0 Å². The van der Waals surface area contributed by atoms with E-state index in [0.717, 1.165) is 37.4 Å². The summed E-state index contributed by atoms with van der Waals surface area (Å²) < 4.78 is 27.8. The second-order valence-corrected chi connectivity index (χ2v) is 9.75. The first kappa shape index (κ1) is 19.6. The standard InChI is InChI=1S/C20H28N4O2S/c1-20(2,3)16-5-8-18(9-6-16)27(25,26)22-19-10-7-17(15-21-19)24-13-11-23(4)12-14-24/h5-10,15H,11-14H2,1-4H3,(H,21,22). The molecule has 146 valence electrons. The number of pyridine rings is 1. The van der Waals surface area contributed by atoms with Crippen molar-refractivity contribution in [2.24, 2.45) is 0 Å². The number of rotatable bonds is 4. The molecule has 0 saturated carbocycles. The van der Waals surface area contributed by atoms with Gasteiger partial charge in [0.15, 0.2) is 0 Å². The van der Waals surface area contributed by atoms with Crippen LogP contribution in [0.5, 0.6) is 0 Å². The van der Waals surface area contributed by atoms with Crippen LogP contribution >= 0.6 is 0 Å². The third kappa shape index (κ3) is 4.78. The summed E-state index contributed by atoms with van der Waals surface area (Å²) in [5, 5.41) is 0. The molecule has 1 aliphatic rings. The van der Waals surface area contributed by atoms with Crippen molar-refractivity contribution >= 4 is 21.5 Å². The molecule has 27 heavy (non-hydrogen) atoms.